The lowest BCUT2D eigenvalue weighted by molar-refractivity contribution is -0.116. The van der Waals surface area contributed by atoms with E-state index < -0.39 is 66.4 Å². The van der Waals surface area contributed by atoms with E-state index in [2.05, 4.69) is 10.3 Å². The van der Waals surface area contributed by atoms with Crippen LogP contribution in [0.2, 0.25) is 0 Å². The fraction of sp³-hybridized carbons (Fsp3) is 0.455. The summed E-state index contributed by atoms with van der Waals surface area (Å²) in [7, 11) is -7.36. The number of nitrogens with zero attached hydrogens (tertiary/aromatic N) is 3. The lowest BCUT2D eigenvalue weighted by Crippen LogP contribution is -2.53. The van der Waals surface area contributed by atoms with Gasteiger partial charge < -0.3 is 11.1 Å². The molecule has 16 heteroatoms. The van der Waals surface area contributed by atoms with Crippen LogP contribution >= 0.6 is 0 Å². The van der Waals surface area contributed by atoms with Gasteiger partial charge in [0, 0.05) is 62.4 Å². The molecule has 49 heavy (non-hydrogen) atoms. The molecule has 0 aliphatic carbocycles. The monoisotopic (exact) mass is 727 g/mol. The van der Waals surface area contributed by atoms with Crippen molar-refractivity contribution in [1.82, 2.24) is 13.6 Å². The molecule has 3 aromatic rings. The summed E-state index contributed by atoms with van der Waals surface area (Å²) in [5, 5.41) is 2.02. The van der Waals surface area contributed by atoms with Gasteiger partial charge >= 0.3 is 0 Å². The van der Waals surface area contributed by atoms with E-state index >= 15 is 4.39 Å². The first-order valence-corrected chi connectivity index (χ1v) is 19.3. The first kappa shape index (κ1) is 38.4. The number of rotatable bonds is 15. The Labute approximate surface area is 284 Å². The topological polar surface area (TPSA) is 143 Å². The number of amides is 1. The van der Waals surface area contributed by atoms with Crippen LogP contribution in [-0.2, 0) is 31.3 Å². The number of halogens is 4. The van der Waals surface area contributed by atoms with Crippen LogP contribution in [-0.4, -0.2) is 80.1 Å². The normalized spacial score (nSPS) is 16.1. The van der Waals surface area contributed by atoms with Gasteiger partial charge in [-0.3, -0.25) is 9.78 Å². The standard InChI is InChI=1S/C33H41F4N5O5S2/c1-3-12-42(49(46,47)41-13-10-28(11-14-41)48(2,44)45)27(19-38)8-9-29-31(37)20-39-21-32(29)40-33(43)18-30(22-4-6-24(34)7-5-22)23-15-25(35)17-26(36)16-23/h4-7,15-17,20-21,27-28,30H,3,8-14,18-19,38H2,1-2H3,(H,40,43)/t27-,30-/m0/s1. The molecule has 1 fully saturated rings. The maximum Gasteiger partial charge on any atom is 0.282 e. The Kier molecular flexibility index (Phi) is 12.9. The number of sulfone groups is 1. The van der Waals surface area contributed by atoms with Gasteiger partial charge in [0.05, 0.1) is 23.3 Å². The summed E-state index contributed by atoms with van der Waals surface area (Å²) in [6.45, 7) is 1.92. The molecule has 268 valence electrons. The zero-order valence-corrected chi connectivity index (χ0v) is 28.9. The van der Waals surface area contributed by atoms with Crippen LogP contribution in [0, 0.1) is 23.3 Å². The minimum absolute atomic E-state index is 0.0248. The van der Waals surface area contributed by atoms with Crippen LogP contribution in [0.1, 0.15) is 61.6 Å². The maximum absolute atomic E-state index is 15.2. The molecule has 1 aliphatic heterocycles. The molecule has 0 unspecified atom stereocenters. The van der Waals surface area contributed by atoms with Gasteiger partial charge in [0.1, 0.15) is 33.1 Å². The van der Waals surface area contributed by atoms with Gasteiger partial charge in [-0.1, -0.05) is 19.1 Å². The quantitative estimate of drug-likeness (QED) is 0.219. The number of carbonyl (C=O) groups excluding carboxylic acids is 1. The number of hydrogen-bond donors (Lipinski definition) is 2. The summed E-state index contributed by atoms with van der Waals surface area (Å²) in [6.07, 6.45) is 3.87. The Hall–Kier alpha value is -3.44. The number of hydrogen-bond acceptors (Lipinski definition) is 7. The van der Waals surface area contributed by atoms with Gasteiger partial charge in [-0.25, -0.2) is 26.0 Å². The number of pyridine rings is 1. The fourth-order valence-corrected chi connectivity index (χ4v) is 9.16. The third-order valence-electron chi connectivity index (χ3n) is 8.71. The smallest absolute Gasteiger partial charge is 0.282 e. The van der Waals surface area contributed by atoms with E-state index in [9.17, 15) is 34.8 Å². The van der Waals surface area contributed by atoms with E-state index in [1.807, 2.05) is 0 Å². The Balaban J connectivity index is 1.52. The maximum atomic E-state index is 15.2. The highest BCUT2D eigenvalue weighted by Crippen LogP contribution is 2.31. The summed E-state index contributed by atoms with van der Waals surface area (Å²) in [6, 6.07) is 7.24. The fourth-order valence-electron chi connectivity index (χ4n) is 6.15. The summed E-state index contributed by atoms with van der Waals surface area (Å²) >= 11 is 0. The average Bonchev–Trinajstić information content (AvgIpc) is 3.04. The van der Waals surface area contributed by atoms with Crippen LogP contribution in [0.15, 0.2) is 54.9 Å². The van der Waals surface area contributed by atoms with Crippen LogP contribution in [0.25, 0.3) is 0 Å². The van der Waals surface area contributed by atoms with E-state index in [-0.39, 0.29) is 75.1 Å². The van der Waals surface area contributed by atoms with Gasteiger partial charge in [0.2, 0.25) is 5.91 Å². The van der Waals surface area contributed by atoms with Gasteiger partial charge in [0.15, 0.2) is 0 Å². The second kappa shape index (κ2) is 16.5. The largest absolute Gasteiger partial charge is 0.329 e. The van der Waals surface area contributed by atoms with E-state index in [1.165, 1.54) is 26.9 Å². The molecule has 2 atom stereocenters. The summed E-state index contributed by atoms with van der Waals surface area (Å²) in [4.78, 5) is 17.2. The van der Waals surface area contributed by atoms with Crippen molar-refractivity contribution in [3.8, 4) is 0 Å². The first-order chi connectivity index (χ1) is 23.1. The third kappa shape index (κ3) is 9.84. The highest BCUT2D eigenvalue weighted by atomic mass is 32.2. The lowest BCUT2D eigenvalue weighted by Gasteiger charge is -2.37. The molecular formula is C33H41F4N5O5S2. The molecule has 1 aromatic heterocycles. The molecule has 1 saturated heterocycles. The molecule has 4 rings (SSSR count). The zero-order chi connectivity index (χ0) is 35.9. The van der Waals surface area contributed by atoms with Crippen molar-refractivity contribution in [2.24, 2.45) is 5.73 Å². The predicted octanol–water partition coefficient (Wildman–Crippen LogP) is 4.52. The minimum atomic E-state index is -4.05. The van der Waals surface area contributed by atoms with Crippen molar-refractivity contribution in [3.63, 3.8) is 0 Å². The number of aromatic nitrogens is 1. The van der Waals surface area contributed by atoms with Crippen molar-refractivity contribution in [3.05, 3.63) is 94.8 Å². The Bertz CT molecular complexity index is 1800. The summed E-state index contributed by atoms with van der Waals surface area (Å²) in [5.41, 5.74) is 6.71. The van der Waals surface area contributed by atoms with Crippen molar-refractivity contribution < 1.29 is 39.2 Å². The van der Waals surface area contributed by atoms with Gasteiger partial charge in [-0.15, -0.1) is 0 Å². The number of carbonyl (C=O) groups is 1. The van der Waals surface area contributed by atoms with Crippen molar-refractivity contribution in [2.45, 2.75) is 62.7 Å². The van der Waals surface area contributed by atoms with Crippen LogP contribution in [0.3, 0.4) is 0 Å². The Morgan fingerprint density at radius 1 is 0.980 bits per heavy atom. The molecule has 0 radical (unpaired) electrons. The number of anilines is 1. The van der Waals surface area contributed by atoms with E-state index in [4.69, 9.17) is 5.73 Å². The predicted molar refractivity (Wildman–Crippen MR) is 179 cm³/mol. The summed E-state index contributed by atoms with van der Waals surface area (Å²) in [5.74, 6) is -4.52. The molecule has 10 nitrogen and oxygen atoms in total. The second-order valence-corrected chi connectivity index (χ2v) is 16.4. The molecule has 0 spiro atoms. The Morgan fingerprint density at radius 2 is 1.61 bits per heavy atom. The molecular weight excluding hydrogens is 687 g/mol. The van der Waals surface area contributed by atoms with Crippen molar-refractivity contribution >= 4 is 31.6 Å². The summed E-state index contributed by atoms with van der Waals surface area (Å²) < 4.78 is 111. The van der Waals surface area contributed by atoms with Crippen molar-refractivity contribution in [1.29, 1.82) is 0 Å². The number of nitrogens with two attached hydrogens (primary N) is 1. The van der Waals surface area contributed by atoms with Crippen molar-refractivity contribution in [2.75, 3.05) is 37.8 Å². The number of piperidine rings is 1. The highest BCUT2D eigenvalue weighted by molar-refractivity contribution is 7.91. The molecule has 1 aliphatic rings. The lowest BCUT2D eigenvalue weighted by atomic mass is 9.88. The number of nitrogens with one attached hydrogen (secondary N) is 1. The molecule has 3 N–H and O–H groups in total. The van der Waals surface area contributed by atoms with Crippen LogP contribution < -0.4 is 11.1 Å². The van der Waals surface area contributed by atoms with E-state index in [0.717, 1.165) is 36.7 Å². The third-order valence-corrected chi connectivity index (χ3v) is 12.5. The second-order valence-electron chi connectivity index (χ2n) is 12.2. The average molecular weight is 728 g/mol. The van der Waals surface area contributed by atoms with Gasteiger partial charge in [-0.2, -0.15) is 17.0 Å². The molecule has 0 bridgehead atoms. The SMILES string of the molecule is CCCN([C@H](CN)CCc1c(F)cncc1NC(=O)C[C@@H](c1ccc(F)cc1)c1cc(F)cc(F)c1)S(=O)(=O)N1CCC(S(C)(=O)=O)CC1. The molecule has 2 aromatic carbocycles. The van der Waals surface area contributed by atoms with Crippen LogP contribution in [0.4, 0.5) is 23.2 Å². The molecule has 0 saturated carbocycles. The van der Waals surface area contributed by atoms with Gasteiger partial charge in [-0.05, 0) is 67.5 Å². The van der Waals surface area contributed by atoms with E-state index in [1.54, 1.807) is 6.92 Å². The number of benzene rings is 2. The molecule has 1 amide bonds. The highest BCUT2D eigenvalue weighted by Gasteiger charge is 2.38. The van der Waals surface area contributed by atoms with Crippen LogP contribution in [0.5, 0.6) is 0 Å². The van der Waals surface area contributed by atoms with Gasteiger partial charge in [0.25, 0.3) is 10.2 Å². The van der Waals surface area contributed by atoms with E-state index in [0.29, 0.717) is 18.1 Å². The minimum Gasteiger partial charge on any atom is -0.329 e. The molecule has 2 heterocycles. The first-order valence-electron chi connectivity index (χ1n) is 15.9. The Morgan fingerprint density at radius 3 is 2.18 bits per heavy atom. The zero-order valence-electron chi connectivity index (χ0n) is 27.3.